The van der Waals surface area contributed by atoms with Gasteiger partial charge in [0, 0.05) is 12.4 Å². The van der Waals surface area contributed by atoms with Crippen molar-refractivity contribution in [2.45, 2.75) is 13.8 Å². The van der Waals surface area contributed by atoms with E-state index in [4.69, 9.17) is 16.8 Å². The zero-order valence-electron chi connectivity index (χ0n) is 8.03. The van der Waals surface area contributed by atoms with Gasteiger partial charge in [-0.25, -0.2) is 0 Å². The molecule has 4 heteroatoms. The van der Waals surface area contributed by atoms with Crippen molar-refractivity contribution in [2.24, 2.45) is 5.16 Å². The first-order valence-electron chi connectivity index (χ1n) is 4.12. The van der Waals surface area contributed by atoms with Gasteiger partial charge in [-0.1, -0.05) is 16.8 Å². The summed E-state index contributed by atoms with van der Waals surface area (Å²) in [6.07, 6.45) is 5.08. The Kier molecular flexibility index (Phi) is 3.65. The topological polar surface area (TPSA) is 45.5 Å². The lowest BCUT2D eigenvalue weighted by molar-refractivity contribution is 0.319. The van der Waals surface area contributed by atoms with Crippen LogP contribution in [0.3, 0.4) is 0 Å². The summed E-state index contributed by atoms with van der Waals surface area (Å²) in [6.45, 7) is 3.58. The van der Waals surface area contributed by atoms with E-state index in [1.807, 2.05) is 13.0 Å². The van der Waals surface area contributed by atoms with Gasteiger partial charge < -0.3 is 5.21 Å². The van der Waals surface area contributed by atoms with Gasteiger partial charge in [-0.05, 0) is 37.1 Å². The molecule has 1 rings (SSSR count). The molecule has 0 saturated heterocycles. The van der Waals surface area contributed by atoms with Crippen molar-refractivity contribution in [2.75, 3.05) is 0 Å². The maximum absolute atomic E-state index is 8.55. The molecule has 1 N–H and O–H groups in total. The fourth-order valence-corrected chi connectivity index (χ4v) is 1.09. The summed E-state index contributed by atoms with van der Waals surface area (Å²) in [5.41, 5.74) is 2.29. The maximum Gasteiger partial charge on any atom is 0.0794 e. The number of aromatic nitrogens is 1. The lowest BCUT2D eigenvalue weighted by Crippen LogP contribution is -1.92. The highest BCUT2D eigenvalue weighted by Crippen LogP contribution is 2.17. The third kappa shape index (κ3) is 2.57. The van der Waals surface area contributed by atoms with Gasteiger partial charge >= 0.3 is 0 Å². The number of allylic oxidation sites excluding steroid dienone is 1. The molecule has 3 nitrogen and oxygen atoms in total. The second-order valence-corrected chi connectivity index (χ2v) is 3.32. The molecule has 0 aliphatic heterocycles. The predicted molar refractivity (Wildman–Crippen MR) is 57.8 cm³/mol. The lowest BCUT2D eigenvalue weighted by Gasteiger charge is -2.00. The largest absolute Gasteiger partial charge is 0.411 e. The van der Waals surface area contributed by atoms with Crippen LogP contribution in [0.2, 0.25) is 5.02 Å². The fourth-order valence-electron chi connectivity index (χ4n) is 0.920. The SMILES string of the molecule is CC(=Cc1ccncc1Cl)C(C)=NO. The van der Waals surface area contributed by atoms with E-state index in [1.54, 1.807) is 25.4 Å². The average Bonchev–Trinajstić information content (AvgIpc) is 2.20. The summed E-state index contributed by atoms with van der Waals surface area (Å²) < 4.78 is 0. The smallest absolute Gasteiger partial charge is 0.0794 e. The summed E-state index contributed by atoms with van der Waals surface area (Å²) in [5.74, 6) is 0. The molecule has 0 amide bonds. The molecule has 74 valence electrons. The van der Waals surface area contributed by atoms with E-state index in [0.29, 0.717) is 10.7 Å². The molecule has 0 radical (unpaired) electrons. The van der Waals surface area contributed by atoms with Crippen molar-refractivity contribution in [1.82, 2.24) is 4.98 Å². The average molecular weight is 211 g/mol. The van der Waals surface area contributed by atoms with Crippen molar-refractivity contribution in [3.05, 3.63) is 34.6 Å². The molecule has 1 heterocycles. The van der Waals surface area contributed by atoms with Crippen LogP contribution in [0.1, 0.15) is 19.4 Å². The number of pyridine rings is 1. The van der Waals surface area contributed by atoms with Gasteiger partial charge in [0.25, 0.3) is 0 Å². The quantitative estimate of drug-likeness (QED) is 0.463. The first-order chi connectivity index (χ1) is 6.65. The van der Waals surface area contributed by atoms with Crippen molar-refractivity contribution in [3.8, 4) is 0 Å². The predicted octanol–water partition coefficient (Wildman–Crippen LogP) is 2.99. The Hall–Kier alpha value is -1.35. The van der Waals surface area contributed by atoms with Crippen LogP contribution in [0.15, 0.2) is 29.2 Å². The molecular weight excluding hydrogens is 200 g/mol. The van der Waals surface area contributed by atoms with Gasteiger partial charge in [-0.15, -0.1) is 0 Å². The van der Waals surface area contributed by atoms with E-state index in [2.05, 4.69) is 10.1 Å². The standard InChI is InChI=1S/C10H11ClN2O/c1-7(8(2)13-14)5-9-3-4-12-6-10(9)11/h3-6,14H,1-2H3. The summed E-state index contributed by atoms with van der Waals surface area (Å²) in [7, 11) is 0. The third-order valence-corrected chi connectivity index (χ3v) is 2.21. The van der Waals surface area contributed by atoms with Gasteiger partial charge in [0.05, 0.1) is 10.7 Å². The number of nitrogens with zero attached hydrogens (tertiary/aromatic N) is 2. The molecule has 0 spiro atoms. The molecule has 0 saturated carbocycles. The Morgan fingerprint density at radius 3 is 2.86 bits per heavy atom. The van der Waals surface area contributed by atoms with E-state index in [9.17, 15) is 0 Å². The minimum absolute atomic E-state index is 0.567. The molecule has 14 heavy (non-hydrogen) atoms. The lowest BCUT2D eigenvalue weighted by atomic mass is 10.1. The Labute approximate surface area is 87.7 Å². The zero-order valence-corrected chi connectivity index (χ0v) is 8.78. The van der Waals surface area contributed by atoms with E-state index in [0.717, 1.165) is 11.1 Å². The summed E-state index contributed by atoms with van der Waals surface area (Å²) >= 11 is 5.91. The molecule has 1 aromatic rings. The van der Waals surface area contributed by atoms with Gasteiger partial charge in [0.1, 0.15) is 0 Å². The van der Waals surface area contributed by atoms with E-state index >= 15 is 0 Å². The van der Waals surface area contributed by atoms with Crippen LogP contribution >= 0.6 is 11.6 Å². The molecule has 1 aromatic heterocycles. The molecule has 0 unspecified atom stereocenters. The second-order valence-electron chi connectivity index (χ2n) is 2.91. The third-order valence-electron chi connectivity index (χ3n) is 1.90. The minimum atomic E-state index is 0.567. The van der Waals surface area contributed by atoms with Crippen molar-refractivity contribution in [1.29, 1.82) is 0 Å². The first-order valence-corrected chi connectivity index (χ1v) is 4.49. The second kappa shape index (κ2) is 4.77. The molecule has 0 fully saturated rings. The van der Waals surface area contributed by atoms with E-state index < -0.39 is 0 Å². The van der Waals surface area contributed by atoms with Gasteiger partial charge in [-0.2, -0.15) is 0 Å². The minimum Gasteiger partial charge on any atom is -0.411 e. The normalized spacial score (nSPS) is 13.1. The molecular formula is C10H11ClN2O. The Morgan fingerprint density at radius 2 is 2.29 bits per heavy atom. The van der Waals surface area contributed by atoms with Gasteiger partial charge in [0.15, 0.2) is 0 Å². The van der Waals surface area contributed by atoms with Crippen LogP contribution in [0.5, 0.6) is 0 Å². The fraction of sp³-hybridized carbons (Fsp3) is 0.200. The van der Waals surface area contributed by atoms with Crippen molar-refractivity contribution < 1.29 is 5.21 Å². The number of oxime groups is 1. The van der Waals surface area contributed by atoms with Crippen LogP contribution in [0.25, 0.3) is 6.08 Å². The molecule has 0 atom stereocenters. The Bertz CT molecular complexity index is 385. The van der Waals surface area contributed by atoms with Crippen LogP contribution < -0.4 is 0 Å². The van der Waals surface area contributed by atoms with Crippen LogP contribution in [-0.4, -0.2) is 15.9 Å². The highest BCUT2D eigenvalue weighted by Gasteiger charge is 1.99. The number of rotatable bonds is 2. The highest BCUT2D eigenvalue weighted by molar-refractivity contribution is 6.32. The maximum atomic E-state index is 8.55. The zero-order chi connectivity index (χ0) is 10.6. The number of halogens is 1. The van der Waals surface area contributed by atoms with Gasteiger partial charge in [-0.3, -0.25) is 4.98 Å². The van der Waals surface area contributed by atoms with Crippen LogP contribution in [-0.2, 0) is 0 Å². The van der Waals surface area contributed by atoms with E-state index in [1.165, 1.54) is 0 Å². The number of hydrogen-bond acceptors (Lipinski definition) is 3. The Balaban J connectivity index is 3.04. The highest BCUT2D eigenvalue weighted by atomic mass is 35.5. The van der Waals surface area contributed by atoms with Crippen LogP contribution in [0, 0.1) is 0 Å². The summed E-state index contributed by atoms with van der Waals surface area (Å²) in [6, 6.07) is 1.80. The molecule has 0 aliphatic rings. The number of hydrogen-bond donors (Lipinski definition) is 1. The van der Waals surface area contributed by atoms with Gasteiger partial charge in [0.2, 0.25) is 0 Å². The van der Waals surface area contributed by atoms with Crippen molar-refractivity contribution >= 4 is 23.4 Å². The first kappa shape index (κ1) is 10.7. The molecule has 0 bridgehead atoms. The molecule has 0 aromatic carbocycles. The molecule has 0 aliphatic carbocycles. The van der Waals surface area contributed by atoms with E-state index in [-0.39, 0.29) is 0 Å². The summed E-state index contributed by atoms with van der Waals surface area (Å²) in [4.78, 5) is 3.88. The summed E-state index contributed by atoms with van der Waals surface area (Å²) in [5, 5.41) is 12.2. The Morgan fingerprint density at radius 1 is 1.57 bits per heavy atom. The monoisotopic (exact) mass is 210 g/mol. The van der Waals surface area contributed by atoms with Crippen LogP contribution in [0.4, 0.5) is 0 Å². The van der Waals surface area contributed by atoms with Crippen molar-refractivity contribution in [3.63, 3.8) is 0 Å².